The number of hydrogen-bond acceptors (Lipinski definition) is 3. The molecule has 0 bridgehead atoms. The van der Waals surface area contributed by atoms with Crippen molar-refractivity contribution < 1.29 is 0 Å². The number of halogens is 1. The minimum absolute atomic E-state index is 0. The second-order valence-corrected chi connectivity index (χ2v) is 9.04. The molecule has 3 heterocycles. The summed E-state index contributed by atoms with van der Waals surface area (Å²) < 4.78 is 0. The van der Waals surface area contributed by atoms with Crippen LogP contribution in [0.4, 0.5) is 0 Å². The average molecular weight is 502 g/mol. The van der Waals surface area contributed by atoms with Crippen LogP contribution in [0.15, 0.2) is 17.1 Å². The Morgan fingerprint density at radius 2 is 1.79 bits per heavy atom. The summed E-state index contributed by atoms with van der Waals surface area (Å²) in [6.07, 6.45) is 15.9. The third-order valence-electron chi connectivity index (χ3n) is 7.25. The molecule has 28 heavy (non-hydrogen) atoms. The van der Waals surface area contributed by atoms with E-state index in [0.29, 0.717) is 12.1 Å². The molecular formula is C22H40IN5. The fraction of sp³-hybridized carbons (Fsp3) is 0.864. The van der Waals surface area contributed by atoms with Crippen LogP contribution in [0.1, 0.15) is 51.4 Å². The largest absolute Gasteiger partial charge is 0.355 e. The minimum atomic E-state index is 0. The maximum atomic E-state index is 4.61. The van der Waals surface area contributed by atoms with E-state index in [1.807, 2.05) is 7.05 Å². The molecule has 3 fully saturated rings. The molecule has 0 aromatic rings. The Hall–Kier alpha value is -0.340. The molecule has 1 saturated carbocycles. The van der Waals surface area contributed by atoms with E-state index in [9.17, 15) is 0 Å². The molecule has 0 spiro atoms. The lowest BCUT2D eigenvalue weighted by Gasteiger charge is -2.32. The van der Waals surface area contributed by atoms with Crippen molar-refractivity contribution in [3.63, 3.8) is 0 Å². The van der Waals surface area contributed by atoms with Gasteiger partial charge in [0.05, 0.1) is 0 Å². The number of nitrogens with one attached hydrogen (secondary N) is 1. The van der Waals surface area contributed by atoms with Crippen LogP contribution in [-0.2, 0) is 0 Å². The van der Waals surface area contributed by atoms with Crippen molar-refractivity contribution in [3.05, 3.63) is 12.2 Å². The molecule has 0 radical (unpaired) electrons. The Bertz CT molecular complexity index is 523. The van der Waals surface area contributed by atoms with E-state index in [4.69, 9.17) is 0 Å². The number of likely N-dealkylation sites (tertiary alicyclic amines) is 2. The smallest absolute Gasteiger partial charge is 0.193 e. The fourth-order valence-corrected chi connectivity index (χ4v) is 5.63. The zero-order chi connectivity index (χ0) is 18.5. The Labute approximate surface area is 189 Å². The first-order valence-corrected chi connectivity index (χ1v) is 11.4. The van der Waals surface area contributed by atoms with Crippen LogP contribution < -0.4 is 5.32 Å². The van der Waals surface area contributed by atoms with Gasteiger partial charge in [0.25, 0.3) is 0 Å². The molecule has 160 valence electrons. The minimum Gasteiger partial charge on any atom is -0.355 e. The van der Waals surface area contributed by atoms with Gasteiger partial charge in [-0.15, -0.1) is 24.0 Å². The van der Waals surface area contributed by atoms with Crippen LogP contribution >= 0.6 is 24.0 Å². The number of nitrogens with zero attached hydrogens (tertiary/aromatic N) is 4. The summed E-state index contributed by atoms with van der Waals surface area (Å²) >= 11 is 0. The molecule has 2 unspecified atom stereocenters. The van der Waals surface area contributed by atoms with Gasteiger partial charge in [0, 0.05) is 58.4 Å². The van der Waals surface area contributed by atoms with Crippen molar-refractivity contribution in [3.8, 4) is 0 Å². The molecule has 2 atom stereocenters. The summed E-state index contributed by atoms with van der Waals surface area (Å²) in [5, 5.41) is 3.73. The third kappa shape index (κ3) is 5.63. The number of rotatable bonds is 5. The Kier molecular flexibility index (Phi) is 8.91. The van der Waals surface area contributed by atoms with E-state index >= 15 is 0 Å². The van der Waals surface area contributed by atoms with Crippen LogP contribution in [0.3, 0.4) is 0 Å². The van der Waals surface area contributed by atoms with Crippen LogP contribution in [0.2, 0.25) is 0 Å². The molecule has 4 rings (SSSR count). The second kappa shape index (κ2) is 11.2. The van der Waals surface area contributed by atoms with Gasteiger partial charge in [-0.1, -0.05) is 31.4 Å². The molecular weight excluding hydrogens is 461 g/mol. The van der Waals surface area contributed by atoms with Crippen LogP contribution in [-0.4, -0.2) is 85.6 Å². The highest BCUT2D eigenvalue weighted by Crippen LogP contribution is 2.27. The predicted octanol–water partition coefficient (Wildman–Crippen LogP) is 3.17. The van der Waals surface area contributed by atoms with Crippen LogP contribution in [0.5, 0.6) is 0 Å². The zero-order valence-electron chi connectivity index (χ0n) is 17.7. The quantitative estimate of drug-likeness (QED) is 0.272. The Morgan fingerprint density at radius 1 is 1.00 bits per heavy atom. The lowest BCUT2D eigenvalue weighted by molar-refractivity contribution is 0.187. The second-order valence-electron chi connectivity index (χ2n) is 9.04. The average Bonchev–Trinajstić information content (AvgIpc) is 3.45. The lowest BCUT2D eigenvalue weighted by atomic mass is 9.89. The van der Waals surface area contributed by atoms with Gasteiger partial charge >= 0.3 is 0 Å². The van der Waals surface area contributed by atoms with E-state index in [2.05, 4.69) is 37.2 Å². The van der Waals surface area contributed by atoms with Crippen LogP contribution in [0, 0.1) is 5.92 Å². The summed E-state index contributed by atoms with van der Waals surface area (Å²) in [4.78, 5) is 12.5. The maximum absolute atomic E-state index is 4.61. The highest BCUT2D eigenvalue weighted by molar-refractivity contribution is 14.0. The molecule has 0 aromatic heterocycles. The number of hydrogen-bond donors (Lipinski definition) is 1. The van der Waals surface area contributed by atoms with Gasteiger partial charge in [-0.25, -0.2) is 0 Å². The van der Waals surface area contributed by atoms with Gasteiger partial charge in [-0.05, 0) is 44.6 Å². The normalized spacial score (nSPS) is 30.2. The van der Waals surface area contributed by atoms with E-state index < -0.39 is 0 Å². The molecule has 0 aromatic carbocycles. The van der Waals surface area contributed by atoms with Crippen molar-refractivity contribution in [1.29, 1.82) is 0 Å². The molecule has 1 aliphatic carbocycles. The van der Waals surface area contributed by atoms with Crippen molar-refractivity contribution in [2.45, 2.75) is 63.5 Å². The van der Waals surface area contributed by atoms with Gasteiger partial charge < -0.3 is 10.2 Å². The molecule has 2 saturated heterocycles. The van der Waals surface area contributed by atoms with E-state index in [1.54, 1.807) is 0 Å². The maximum Gasteiger partial charge on any atom is 0.193 e. The van der Waals surface area contributed by atoms with E-state index in [-0.39, 0.29) is 24.0 Å². The van der Waals surface area contributed by atoms with Gasteiger partial charge in [0.1, 0.15) is 0 Å². The summed E-state index contributed by atoms with van der Waals surface area (Å²) in [5.41, 5.74) is 0. The van der Waals surface area contributed by atoms with Gasteiger partial charge in [-0.2, -0.15) is 0 Å². The molecule has 5 nitrogen and oxygen atoms in total. The summed E-state index contributed by atoms with van der Waals surface area (Å²) in [7, 11) is 1.95. The third-order valence-corrected chi connectivity index (χ3v) is 7.25. The lowest BCUT2D eigenvalue weighted by Crippen LogP contribution is -2.47. The molecule has 1 N–H and O–H groups in total. The van der Waals surface area contributed by atoms with Crippen molar-refractivity contribution >= 4 is 29.9 Å². The highest BCUT2D eigenvalue weighted by Gasteiger charge is 2.31. The van der Waals surface area contributed by atoms with Crippen molar-refractivity contribution in [2.75, 3.05) is 52.9 Å². The molecule has 4 aliphatic rings. The van der Waals surface area contributed by atoms with Crippen molar-refractivity contribution in [2.24, 2.45) is 10.9 Å². The molecule has 0 amide bonds. The summed E-state index contributed by atoms with van der Waals surface area (Å²) in [6, 6.07) is 1.39. The SMILES string of the molecule is CN=C(NCC1CCCN1CC1CCCCC1)N1CCC(N2CC=CC2)C1.I. The first-order chi connectivity index (χ1) is 13.3. The van der Waals surface area contributed by atoms with Gasteiger partial charge in [0.2, 0.25) is 0 Å². The highest BCUT2D eigenvalue weighted by atomic mass is 127. The monoisotopic (exact) mass is 501 g/mol. The van der Waals surface area contributed by atoms with E-state index in [1.165, 1.54) is 64.5 Å². The first-order valence-electron chi connectivity index (χ1n) is 11.4. The number of guanidine groups is 1. The summed E-state index contributed by atoms with van der Waals surface area (Å²) in [5.74, 6) is 2.07. The molecule has 3 aliphatic heterocycles. The number of aliphatic imine (C=N–C) groups is 1. The topological polar surface area (TPSA) is 34.1 Å². The Morgan fingerprint density at radius 3 is 2.54 bits per heavy atom. The first kappa shape index (κ1) is 22.3. The molecule has 6 heteroatoms. The van der Waals surface area contributed by atoms with Gasteiger partial charge in [-0.3, -0.25) is 14.8 Å². The van der Waals surface area contributed by atoms with Gasteiger partial charge in [0.15, 0.2) is 5.96 Å². The Balaban J connectivity index is 0.00000225. The predicted molar refractivity (Wildman–Crippen MR) is 129 cm³/mol. The van der Waals surface area contributed by atoms with E-state index in [0.717, 1.165) is 44.6 Å². The fourth-order valence-electron chi connectivity index (χ4n) is 5.63. The van der Waals surface area contributed by atoms with Crippen LogP contribution in [0.25, 0.3) is 0 Å². The zero-order valence-corrected chi connectivity index (χ0v) is 20.0. The standard InChI is InChI=1S/C22H39N5.HI/c1-23-22(27-15-11-21(18-27)25-12-5-6-13-25)24-16-20-10-7-14-26(20)17-19-8-3-2-4-9-19;/h5-6,19-21H,2-4,7-18H2,1H3,(H,23,24);1H. The van der Waals surface area contributed by atoms with Crippen molar-refractivity contribution in [1.82, 2.24) is 20.0 Å². The summed E-state index contributed by atoms with van der Waals surface area (Å²) in [6.45, 7) is 8.21.